The van der Waals surface area contributed by atoms with Crippen LogP contribution in [0.4, 0.5) is 36.3 Å². The Morgan fingerprint density at radius 2 is 1.75 bits per heavy atom. The minimum Gasteiger partial charge on any atom is -0.340 e. The highest BCUT2D eigenvalue weighted by Gasteiger charge is 2.30. The SMILES string of the molecule is Cc1cc(Nc2ccc(C(F)(F)F)cc2)nc(N2c3ccccc3CC2C)n1. The fraction of sp³-hybridized carbons (Fsp3) is 0.238. The van der Waals surface area contributed by atoms with Gasteiger partial charge in [-0.15, -0.1) is 0 Å². The van der Waals surface area contributed by atoms with E-state index in [2.05, 4.69) is 33.2 Å². The zero-order valence-electron chi connectivity index (χ0n) is 15.5. The summed E-state index contributed by atoms with van der Waals surface area (Å²) < 4.78 is 38.2. The molecule has 4 nitrogen and oxygen atoms in total. The van der Waals surface area contributed by atoms with Gasteiger partial charge in [0.05, 0.1) is 5.56 Å². The maximum absolute atomic E-state index is 12.7. The smallest absolute Gasteiger partial charge is 0.340 e. The van der Waals surface area contributed by atoms with Crippen LogP contribution in [-0.2, 0) is 12.6 Å². The molecule has 1 N–H and O–H groups in total. The van der Waals surface area contributed by atoms with Crippen LogP contribution >= 0.6 is 0 Å². The summed E-state index contributed by atoms with van der Waals surface area (Å²) in [4.78, 5) is 11.3. The second kappa shape index (κ2) is 6.82. The van der Waals surface area contributed by atoms with Gasteiger partial charge in [0.1, 0.15) is 5.82 Å². The van der Waals surface area contributed by atoms with Crippen molar-refractivity contribution in [3.05, 3.63) is 71.4 Å². The summed E-state index contributed by atoms with van der Waals surface area (Å²) in [7, 11) is 0. The number of nitrogens with one attached hydrogen (secondary N) is 1. The first kappa shape index (κ1) is 18.3. The molecule has 1 aliphatic heterocycles. The lowest BCUT2D eigenvalue weighted by Crippen LogP contribution is -2.26. The van der Waals surface area contributed by atoms with Crippen LogP contribution in [0.15, 0.2) is 54.6 Å². The van der Waals surface area contributed by atoms with Crippen LogP contribution in [0.1, 0.15) is 23.7 Å². The molecule has 2 heterocycles. The van der Waals surface area contributed by atoms with E-state index in [1.54, 1.807) is 6.07 Å². The summed E-state index contributed by atoms with van der Waals surface area (Å²) in [6, 6.07) is 15.0. The Bertz CT molecular complexity index is 999. The minimum absolute atomic E-state index is 0.220. The van der Waals surface area contributed by atoms with Crippen molar-refractivity contribution in [1.82, 2.24) is 9.97 Å². The predicted molar refractivity (Wildman–Crippen MR) is 103 cm³/mol. The van der Waals surface area contributed by atoms with E-state index < -0.39 is 11.7 Å². The molecule has 1 unspecified atom stereocenters. The van der Waals surface area contributed by atoms with Gasteiger partial charge in [-0.25, -0.2) is 4.98 Å². The molecule has 0 saturated heterocycles. The third-order valence-corrected chi connectivity index (χ3v) is 4.75. The van der Waals surface area contributed by atoms with Gasteiger partial charge in [-0.2, -0.15) is 18.2 Å². The number of rotatable bonds is 3. The van der Waals surface area contributed by atoms with Gasteiger partial charge < -0.3 is 10.2 Å². The van der Waals surface area contributed by atoms with E-state index in [0.717, 1.165) is 29.9 Å². The number of para-hydroxylation sites is 1. The topological polar surface area (TPSA) is 41.1 Å². The lowest BCUT2D eigenvalue weighted by Gasteiger charge is -2.23. The van der Waals surface area contributed by atoms with Gasteiger partial charge in [-0.1, -0.05) is 18.2 Å². The summed E-state index contributed by atoms with van der Waals surface area (Å²) >= 11 is 0. The average Bonchev–Trinajstić information content (AvgIpc) is 2.96. The molecule has 1 aliphatic rings. The molecule has 3 aromatic rings. The number of fused-ring (bicyclic) bond motifs is 1. The second-order valence-corrected chi connectivity index (χ2v) is 6.95. The molecule has 0 bridgehead atoms. The highest BCUT2D eigenvalue weighted by atomic mass is 19.4. The molecular formula is C21H19F3N4. The maximum atomic E-state index is 12.7. The first-order valence-electron chi connectivity index (χ1n) is 8.98. The Hall–Kier alpha value is -3.09. The lowest BCUT2D eigenvalue weighted by atomic mass is 10.1. The zero-order valence-corrected chi connectivity index (χ0v) is 15.5. The van der Waals surface area contributed by atoms with E-state index in [1.807, 2.05) is 25.1 Å². The molecule has 4 rings (SSSR count). The normalized spacial score (nSPS) is 16.2. The first-order valence-corrected chi connectivity index (χ1v) is 8.98. The van der Waals surface area contributed by atoms with Crippen molar-refractivity contribution in [2.45, 2.75) is 32.5 Å². The summed E-state index contributed by atoms with van der Waals surface area (Å²) in [5, 5.41) is 3.08. The average molecular weight is 384 g/mol. The van der Waals surface area contributed by atoms with Crippen LogP contribution in [0.2, 0.25) is 0 Å². The Kier molecular flexibility index (Phi) is 4.45. The molecule has 0 spiro atoms. The number of nitrogens with zero attached hydrogens (tertiary/aromatic N) is 3. The van der Waals surface area contributed by atoms with Gasteiger partial charge in [-0.05, 0) is 56.2 Å². The quantitative estimate of drug-likeness (QED) is 0.635. The van der Waals surface area contributed by atoms with Crippen molar-refractivity contribution < 1.29 is 13.2 Å². The number of aryl methyl sites for hydroxylation is 1. The molecule has 2 aromatic carbocycles. The number of hydrogen-bond acceptors (Lipinski definition) is 4. The van der Waals surface area contributed by atoms with Crippen molar-refractivity contribution in [2.75, 3.05) is 10.2 Å². The van der Waals surface area contributed by atoms with E-state index in [4.69, 9.17) is 0 Å². The minimum atomic E-state index is -4.35. The van der Waals surface area contributed by atoms with Gasteiger partial charge in [0, 0.05) is 29.2 Å². The summed E-state index contributed by atoms with van der Waals surface area (Å²) in [5.74, 6) is 1.12. The van der Waals surface area contributed by atoms with Crippen LogP contribution in [0.5, 0.6) is 0 Å². The van der Waals surface area contributed by atoms with Crippen molar-refractivity contribution in [2.24, 2.45) is 0 Å². The molecule has 7 heteroatoms. The molecule has 1 aromatic heterocycles. The maximum Gasteiger partial charge on any atom is 0.416 e. The van der Waals surface area contributed by atoms with Gasteiger partial charge in [-0.3, -0.25) is 0 Å². The van der Waals surface area contributed by atoms with Crippen LogP contribution in [-0.4, -0.2) is 16.0 Å². The predicted octanol–water partition coefficient (Wildman–Crippen LogP) is 5.63. The van der Waals surface area contributed by atoms with E-state index in [1.165, 1.54) is 17.7 Å². The number of benzene rings is 2. The highest BCUT2D eigenvalue weighted by molar-refractivity contribution is 5.68. The summed E-state index contributed by atoms with van der Waals surface area (Å²) in [6.07, 6.45) is -3.44. The Labute approximate surface area is 161 Å². The number of halogens is 3. The molecule has 0 radical (unpaired) electrons. The van der Waals surface area contributed by atoms with Crippen molar-refractivity contribution in [3.63, 3.8) is 0 Å². The van der Waals surface area contributed by atoms with Gasteiger partial charge in [0.2, 0.25) is 5.95 Å². The molecule has 28 heavy (non-hydrogen) atoms. The monoisotopic (exact) mass is 384 g/mol. The lowest BCUT2D eigenvalue weighted by molar-refractivity contribution is -0.137. The Morgan fingerprint density at radius 1 is 1.04 bits per heavy atom. The molecule has 144 valence electrons. The van der Waals surface area contributed by atoms with E-state index in [-0.39, 0.29) is 6.04 Å². The molecular weight excluding hydrogens is 365 g/mol. The first-order chi connectivity index (χ1) is 13.3. The third-order valence-electron chi connectivity index (χ3n) is 4.75. The second-order valence-electron chi connectivity index (χ2n) is 6.95. The van der Waals surface area contributed by atoms with Crippen LogP contribution < -0.4 is 10.2 Å². The Balaban J connectivity index is 1.63. The number of aromatic nitrogens is 2. The largest absolute Gasteiger partial charge is 0.416 e. The summed E-state index contributed by atoms with van der Waals surface area (Å²) in [6.45, 7) is 3.99. The number of alkyl halides is 3. The number of anilines is 4. The van der Waals surface area contributed by atoms with Gasteiger partial charge in [0.25, 0.3) is 0 Å². The van der Waals surface area contributed by atoms with Gasteiger partial charge in [0.15, 0.2) is 0 Å². The fourth-order valence-corrected chi connectivity index (χ4v) is 3.49. The zero-order chi connectivity index (χ0) is 19.9. The van der Waals surface area contributed by atoms with Crippen molar-refractivity contribution in [1.29, 1.82) is 0 Å². The van der Waals surface area contributed by atoms with E-state index >= 15 is 0 Å². The summed E-state index contributed by atoms with van der Waals surface area (Å²) in [5.41, 5.74) is 2.96. The Morgan fingerprint density at radius 3 is 2.46 bits per heavy atom. The number of hydrogen-bond donors (Lipinski definition) is 1. The molecule has 0 saturated carbocycles. The third kappa shape index (κ3) is 3.52. The van der Waals surface area contributed by atoms with E-state index in [0.29, 0.717) is 17.5 Å². The fourth-order valence-electron chi connectivity index (χ4n) is 3.49. The van der Waals surface area contributed by atoms with Crippen LogP contribution in [0.25, 0.3) is 0 Å². The van der Waals surface area contributed by atoms with Crippen LogP contribution in [0.3, 0.4) is 0 Å². The molecule has 0 fully saturated rings. The van der Waals surface area contributed by atoms with Crippen LogP contribution in [0, 0.1) is 6.92 Å². The molecule has 0 amide bonds. The van der Waals surface area contributed by atoms with Crippen molar-refractivity contribution >= 4 is 23.1 Å². The standard InChI is InChI=1S/C21H19F3N4/c1-13-11-19(26-17-9-7-16(8-10-17)21(22,23)24)27-20(25-13)28-14(2)12-15-5-3-4-6-18(15)28/h3-11,14H,12H2,1-2H3,(H,25,26,27). The highest BCUT2D eigenvalue weighted by Crippen LogP contribution is 2.37. The molecule has 1 atom stereocenters. The van der Waals surface area contributed by atoms with Gasteiger partial charge >= 0.3 is 6.18 Å². The van der Waals surface area contributed by atoms with E-state index in [9.17, 15) is 13.2 Å². The van der Waals surface area contributed by atoms with Crippen molar-refractivity contribution in [3.8, 4) is 0 Å². The molecule has 0 aliphatic carbocycles.